The van der Waals surface area contributed by atoms with E-state index in [1.807, 2.05) is 37.1 Å². The van der Waals surface area contributed by atoms with E-state index in [1.165, 1.54) is 4.90 Å². The first-order valence-electron chi connectivity index (χ1n) is 12.8. The van der Waals surface area contributed by atoms with E-state index in [2.05, 4.69) is 22.3 Å². The number of nitrogens with one attached hydrogen (secondary N) is 3. The molecule has 208 valence electrons. The molecule has 1 aliphatic carbocycles. The quantitative estimate of drug-likeness (QED) is 0.247. The van der Waals surface area contributed by atoms with Crippen molar-refractivity contribution in [2.24, 2.45) is 17.3 Å². The molecular weight excluding hydrogens is 495 g/mol. The van der Waals surface area contributed by atoms with Gasteiger partial charge in [0.15, 0.2) is 0 Å². The van der Waals surface area contributed by atoms with Gasteiger partial charge in [0, 0.05) is 6.54 Å². The van der Waals surface area contributed by atoms with Crippen LogP contribution in [0.15, 0.2) is 12.2 Å². The number of rotatable bonds is 8. The molecule has 0 aromatic carbocycles. The Morgan fingerprint density at radius 2 is 1.68 bits per heavy atom. The van der Waals surface area contributed by atoms with Gasteiger partial charge in [-0.3, -0.25) is 19.2 Å². The molecule has 1 saturated heterocycles. The van der Waals surface area contributed by atoms with Gasteiger partial charge in [0.1, 0.15) is 17.7 Å². The highest BCUT2D eigenvalue weighted by molar-refractivity contribution is 7.15. The Morgan fingerprint density at radius 1 is 1.08 bits per heavy atom. The summed E-state index contributed by atoms with van der Waals surface area (Å²) in [7, 11) is 2.00. The number of Topliss-reactive ketones (excluding diaryl/α,β-unsaturated/α-hetero) is 1. The van der Waals surface area contributed by atoms with Gasteiger partial charge in [-0.2, -0.15) is 0 Å². The van der Waals surface area contributed by atoms with Crippen molar-refractivity contribution < 1.29 is 28.7 Å². The van der Waals surface area contributed by atoms with Crippen molar-refractivity contribution in [3.05, 3.63) is 12.2 Å². The predicted octanol–water partition coefficient (Wildman–Crippen LogP) is 2.48. The lowest BCUT2D eigenvalue weighted by Gasteiger charge is -2.36. The third-order valence-electron chi connectivity index (χ3n) is 6.85. The van der Waals surface area contributed by atoms with Crippen LogP contribution in [0.2, 0.25) is 0 Å². The number of likely N-dealkylation sites (tertiary alicyclic amines) is 1. The van der Waals surface area contributed by atoms with Gasteiger partial charge in [-0.25, -0.2) is 4.79 Å². The van der Waals surface area contributed by atoms with Crippen LogP contribution in [0.3, 0.4) is 0 Å². The molecule has 2 fully saturated rings. The predicted molar refractivity (Wildman–Crippen MR) is 143 cm³/mol. The van der Waals surface area contributed by atoms with Crippen LogP contribution in [0.25, 0.3) is 0 Å². The number of hydrogen-bond acceptors (Lipinski definition) is 6. The Hall–Kier alpha value is -2.48. The van der Waals surface area contributed by atoms with Gasteiger partial charge in [0.05, 0.1) is 6.04 Å². The van der Waals surface area contributed by atoms with Gasteiger partial charge in [0.2, 0.25) is 17.6 Å². The zero-order valence-corrected chi connectivity index (χ0v) is 24.3. The Labute approximate surface area is 222 Å². The fourth-order valence-electron chi connectivity index (χ4n) is 4.53. The van der Waals surface area contributed by atoms with E-state index in [-0.39, 0.29) is 18.4 Å². The van der Waals surface area contributed by atoms with E-state index < -0.39 is 58.7 Å². The van der Waals surface area contributed by atoms with E-state index in [4.69, 9.17) is 4.74 Å². The first-order chi connectivity index (χ1) is 17.0. The summed E-state index contributed by atoms with van der Waals surface area (Å²) in [6.07, 6.45) is 2.54. The minimum Gasteiger partial charge on any atom is -0.444 e. The van der Waals surface area contributed by atoms with Crippen molar-refractivity contribution in [3.63, 3.8) is 0 Å². The van der Waals surface area contributed by atoms with Crippen LogP contribution >= 0.6 is 9.39 Å². The summed E-state index contributed by atoms with van der Waals surface area (Å²) in [6, 6.07) is -3.02. The number of ether oxygens (including phenoxy) is 1. The molecule has 0 aromatic rings. The molecule has 1 aliphatic heterocycles. The van der Waals surface area contributed by atoms with E-state index in [1.54, 1.807) is 20.8 Å². The van der Waals surface area contributed by atoms with E-state index >= 15 is 0 Å². The number of alkyl carbamates (subject to hydrolysis) is 1. The molecule has 1 saturated carbocycles. The first kappa shape index (κ1) is 30.7. The fraction of sp³-hybridized carbons (Fsp3) is 0.731. The molecule has 2 unspecified atom stereocenters. The zero-order valence-electron chi connectivity index (χ0n) is 23.1. The summed E-state index contributed by atoms with van der Waals surface area (Å²) in [4.78, 5) is 66.1. The molecule has 0 spiro atoms. The third kappa shape index (κ3) is 8.00. The van der Waals surface area contributed by atoms with E-state index in [9.17, 15) is 24.0 Å². The third-order valence-corrected chi connectivity index (χ3v) is 7.12. The Kier molecular flexibility index (Phi) is 9.91. The van der Waals surface area contributed by atoms with Crippen LogP contribution in [0, 0.1) is 17.3 Å². The van der Waals surface area contributed by atoms with Crippen LogP contribution in [0.4, 0.5) is 4.79 Å². The summed E-state index contributed by atoms with van der Waals surface area (Å²) in [5.41, 5.74) is -0.914. The maximum Gasteiger partial charge on any atom is 0.408 e. The standard InChI is InChI=1S/C26H43N4O6P/c1-14-13-30(23(34)20(25(3,4)5)28-24(35)36-26(6,7)8)18(15(14)2)21(32)27-17(12-16-10-9-11-16)19(31)22(33)29-37/h14,16-18,20H,2,9-13,37H2,1,3-8H3,(H,27,32)(H,28,35)(H,29,33)/t14-,17?,18-,20+/m0/s1. The molecule has 1 heterocycles. The van der Waals surface area contributed by atoms with Gasteiger partial charge >= 0.3 is 6.09 Å². The normalized spacial score (nSPS) is 21.9. The van der Waals surface area contributed by atoms with Crippen molar-refractivity contribution in [3.8, 4) is 0 Å². The lowest BCUT2D eigenvalue weighted by molar-refractivity contribution is -0.143. The van der Waals surface area contributed by atoms with Gasteiger partial charge in [0.25, 0.3) is 5.91 Å². The molecule has 10 nitrogen and oxygen atoms in total. The Bertz CT molecular complexity index is 934. The monoisotopic (exact) mass is 538 g/mol. The van der Waals surface area contributed by atoms with Crippen molar-refractivity contribution in [2.75, 3.05) is 6.54 Å². The molecule has 0 bridgehead atoms. The van der Waals surface area contributed by atoms with Gasteiger partial charge in [-0.05, 0) is 59.4 Å². The Morgan fingerprint density at radius 3 is 2.14 bits per heavy atom. The van der Waals surface area contributed by atoms with Crippen LogP contribution in [-0.4, -0.2) is 64.8 Å². The summed E-state index contributed by atoms with van der Waals surface area (Å²) in [5.74, 6) is -2.49. The molecular formula is C26H43N4O6P. The van der Waals surface area contributed by atoms with Gasteiger partial charge in [-0.15, -0.1) is 0 Å². The van der Waals surface area contributed by atoms with Crippen molar-refractivity contribution in [2.45, 2.75) is 97.9 Å². The van der Waals surface area contributed by atoms with Crippen molar-refractivity contribution in [1.29, 1.82) is 0 Å². The van der Waals surface area contributed by atoms with E-state index in [0.717, 1.165) is 19.3 Å². The van der Waals surface area contributed by atoms with Crippen LogP contribution in [0.5, 0.6) is 0 Å². The summed E-state index contributed by atoms with van der Waals surface area (Å²) in [5, 5.41) is 7.66. The van der Waals surface area contributed by atoms with Gasteiger partial charge < -0.3 is 25.4 Å². The average molecular weight is 539 g/mol. The van der Waals surface area contributed by atoms with Crippen molar-refractivity contribution in [1.82, 2.24) is 20.6 Å². The highest BCUT2D eigenvalue weighted by Gasteiger charge is 2.47. The van der Waals surface area contributed by atoms with E-state index in [0.29, 0.717) is 12.0 Å². The van der Waals surface area contributed by atoms with Crippen LogP contribution in [0.1, 0.15) is 74.1 Å². The number of ketones is 1. The number of amides is 4. The number of hydrogen-bond donors (Lipinski definition) is 3. The fourth-order valence-corrected chi connectivity index (χ4v) is 4.67. The smallest absolute Gasteiger partial charge is 0.408 e. The summed E-state index contributed by atoms with van der Waals surface area (Å²) in [6.45, 7) is 16.8. The minimum absolute atomic E-state index is 0.182. The molecule has 2 aliphatic rings. The molecule has 0 radical (unpaired) electrons. The second kappa shape index (κ2) is 11.9. The topological polar surface area (TPSA) is 134 Å². The number of nitrogens with zero attached hydrogens (tertiary/aromatic N) is 1. The lowest BCUT2D eigenvalue weighted by atomic mass is 9.80. The maximum absolute atomic E-state index is 13.8. The minimum atomic E-state index is -1.04. The van der Waals surface area contributed by atoms with Crippen molar-refractivity contribution >= 4 is 39.0 Å². The molecule has 11 heteroatoms. The highest BCUT2D eigenvalue weighted by atomic mass is 31.0. The molecule has 3 N–H and O–H groups in total. The lowest BCUT2D eigenvalue weighted by Crippen LogP contribution is -2.59. The molecule has 4 amide bonds. The largest absolute Gasteiger partial charge is 0.444 e. The highest BCUT2D eigenvalue weighted by Crippen LogP contribution is 2.33. The van der Waals surface area contributed by atoms with Gasteiger partial charge in [-0.1, -0.05) is 53.5 Å². The molecule has 5 atom stereocenters. The Balaban J connectivity index is 2.29. The zero-order chi connectivity index (χ0) is 28.3. The number of carbonyl (C=O) groups excluding carboxylic acids is 5. The second-order valence-corrected chi connectivity index (χ2v) is 12.5. The summed E-state index contributed by atoms with van der Waals surface area (Å²) >= 11 is 0. The molecule has 2 rings (SSSR count). The molecule has 37 heavy (non-hydrogen) atoms. The first-order valence-corrected chi connectivity index (χ1v) is 13.4. The molecule has 0 aromatic heterocycles. The average Bonchev–Trinajstić information content (AvgIpc) is 3.04. The summed E-state index contributed by atoms with van der Waals surface area (Å²) < 4.78 is 5.36. The second-order valence-electron chi connectivity index (χ2n) is 12.2. The number of carbonyl (C=O) groups is 5. The maximum atomic E-state index is 13.8. The SMILES string of the molecule is C=C1[C@@H](C(=O)NC(CC2CCC2)C(=O)C(=O)NP)N(C(=O)[C@@H](NC(=O)OC(C)(C)C)C(C)(C)C)C[C@@H]1C. The van der Waals surface area contributed by atoms with Crippen LogP contribution in [-0.2, 0) is 23.9 Å². The van der Waals surface area contributed by atoms with Crippen LogP contribution < -0.4 is 15.7 Å².